The van der Waals surface area contributed by atoms with Gasteiger partial charge in [-0.25, -0.2) is 4.79 Å². The highest BCUT2D eigenvalue weighted by Gasteiger charge is 2.35. The van der Waals surface area contributed by atoms with Crippen molar-refractivity contribution in [3.63, 3.8) is 0 Å². The molecule has 0 aliphatic carbocycles. The normalized spacial score (nSPS) is 15.3. The van der Waals surface area contributed by atoms with Gasteiger partial charge in [-0.15, -0.1) is 0 Å². The summed E-state index contributed by atoms with van der Waals surface area (Å²) in [5.41, 5.74) is -1.51. The number of hydrogen-bond acceptors (Lipinski definition) is 2. The van der Waals surface area contributed by atoms with E-state index in [4.69, 9.17) is 5.11 Å². The molecule has 0 aromatic rings. The number of aliphatic hydroxyl groups is 1. The van der Waals surface area contributed by atoms with Crippen LogP contribution in [0.15, 0.2) is 0 Å². The van der Waals surface area contributed by atoms with E-state index in [1.165, 1.54) is 0 Å². The highest BCUT2D eigenvalue weighted by Crippen LogP contribution is 2.24. The van der Waals surface area contributed by atoms with Gasteiger partial charge in [0, 0.05) is 0 Å². The maximum atomic E-state index is 11.0. The van der Waals surface area contributed by atoms with Crippen LogP contribution >= 0.6 is 0 Å². The molecule has 0 spiro atoms. The lowest BCUT2D eigenvalue weighted by Gasteiger charge is -2.25. The van der Waals surface area contributed by atoms with E-state index in [1.54, 1.807) is 0 Å². The molecule has 0 radical (unpaired) electrons. The zero-order valence-electron chi connectivity index (χ0n) is 10.1. The molecule has 1 atom stereocenters. The van der Waals surface area contributed by atoms with Gasteiger partial charge < -0.3 is 10.2 Å². The minimum Gasteiger partial charge on any atom is -0.479 e. The summed E-state index contributed by atoms with van der Waals surface area (Å²) in [6.45, 7) is 5.97. The molecule has 0 aromatic heterocycles. The Balaban J connectivity index is 4.08. The third kappa shape index (κ3) is 5.78. The molecule has 0 aliphatic rings. The third-order valence-electron chi connectivity index (χ3n) is 2.59. The van der Waals surface area contributed by atoms with Gasteiger partial charge >= 0.3 is 5.97 Å². The Morgan fingerprint density at radius 1 is 1.27 bits per heavy atom. The van der Waals surface area contributed by atoms with Crippen LogP contribution in [0.4, 0.5) is 0 Å². The molecule has 0 heterocycles. The molecule has 0 aromatic carbocycles. The lowest BCUT2D eigenvalue weighted by atomic mass is 9.87. The zero-order chi connectivity index (χ0) is 11.9. The lowest BCUT2D eigenvalue weighted by Crippen LogP contribution is -2.39. The largest absolute Gasteiger partial charge is 0.479 e. The fourth-order valence-corrected chi connectivity index (χ4v) is 1.82. The summed E-state index contributed by atoms with van der Waals surface area (Å²) < 4.78 is 0. The molecule has 0 saturated heterocycles. The Morgan fingerprint density at radius 2 is 1.87 bits per heavy atom. The SMILES string of the molecule is CCCCCCC(O)(CC(C)C)C(=O)O. The monoisotopic (exact) mass is 216 g/mol. The predicted octanol–water partition coefficient (Wildman–Crippen LogP) is 2.82. The van der Waals surface area contributed by atoms with Gasteiger partial charge in [-0.2, -0.15) is 0 Å². The molecular weight excluding hydrogens is 192 g/mol. The molecule has 2 N–H and O–H groups in total. The summed E-state index contributed by atoms with van der Waals surface area (Å²) in [6.07, 6.45) is 4.75. The number of rotatable bonds is 8. The van der Waals surface area contributed by atoms with Crippen molar-refractivity contribution in [3.05, 3.63) is 0 Å². The molecule has 1 unspecified atom stereocenters. The highest BCUT2D eigenvalue weighted by molar-refractivity contribution is 5.76. The number of hydrogen-bond donors (Lipinski definition) is 2. The van der Waals surface area contributed by atoms with Gasteiger partial charge in [0.05, 0.1) is 0 Å². The molecule has 0 amide bonds. The zero-order valence-corrected chi connectivity index (χ0v) is 10.1. The van der Waals surface area contributed by atoms with E-state index in [2.05, 4.69) is 6.92 Å². The van der Waals surface area contributed by atoms with Crippen molar-refractivity contribution in [2.75, 3.05) is 0 Å². The van der Waals surface area contributed by atoms with Crippen molar-refractivity contribution in [1.29, 1.82) is 0 Å². The number of carboxylic acid groups (broad SMARTS) is 1. The van der Waals surface area contributed by atoms with Crippen molar-refractivity contribution < 1.29 is 15.0 Å². The van der Waals surface area contributed by atoms with Crippen LogP contribution in [0.3, 0.4) is 0 Å². The number of aliphatic carboxylic acids is 1. The minimum atomic E-state index is -1.51. The second-order valence-electron chi connectivity index (χ2n) is 4.75. The van der Waals surface area contributed by atoms with Gasteiger partial charge in [0.1, 0.15) is 0 Å². The van der Waals surface area contributed by atoms with Gasteiger partial charge in [-0.3, -0.25) is 0 Å². The lowest BCUT2D eigenvalue weighted by molar-refractivity contribution is -0.161. The van der Waals surface area contributed by atoms with E-state index in [0.717, 1.165) is 25.7 Å². The van der Waals surface area contributed by atoms with Crippen LogP contribution in [0.5, 0.6) is 0 Å². The van der Waals surface area contributed by atoms with E-state index in [9.17, 15) is 9.90 Å². The molecule has 3 heteroatoms. The first kappa shape index (κ1) is 14.4. The third-order valence-corrected chi connectivity index (χ3v) is 2.59. The second kappa shape index (κ2) is 6.83. The topological polar surface area (TPSA) is 57.5 Å². The Hall–Kier alpha value is -0.570. The molecule has 0 fully saturated rings. The smallest absolute Gasteiger partial charge is 0.335 e. The fraction of sp³-hybridized carbons (Fsp3) is 0.917. The average molecular weight is 216 g/mol. The fourth-order valence-electron chi connectivity index (χ4n) is 1.82. The Bertz CT molecular complexity index is 189. The van der Waals surface area contributed by atoms with E-state index in [-0.39, 0.29) is 5.92 Å². The van der Waals surface area contributed by atoms with Gasteiger partial charge in [0.2, 0.25) is 0 Å². The average Bonchev–Trinajstić information content (AvgIpc) is 2.11. The van der Waals surface area contributed by atoms with E-state index >= 15 is 0 Å². The summed E-state index contributed by atoms with van der Waals surface area (Å²) in [5.74, 6) is -0.870. The molecule has 90 valence electrons. The summed E-state index contributed by atoms with van der Waals surface area (Å²) in [7, 11) is 0. The first-order valence-electron chi connectivity index (χ1n) is 5.88. The van der Waals surface area contributed by atoms with E-state index < -0.39 is 11.6 Å². The number of unbranched alkanes of at least 4 members (excludes halogenated alkanes) is 3. The first-order chi connectivity index (χ1) is 6.92. The first-order valence-corrected chi connectivity index (χ1v) is 5.88. The van der Waals surface area contributed by atoms with Crippen molar-refractivity contribution >= 4 is 5.97 Å². The molecule has 15 heavy (non-hydrogen) atoms. The van der Waals surface area contributed by atoms with Crippen molar-refractivity contribution in [2.45, 2.75) is 64.9 Å². The quantitative estimate of drug-likeness (QED) is 0.613. The van der Waals surface area contributed by atoms with Crippen LogP contribution < -0.4 is 0 Å². The van der Waals surface area contributed by atoms with Crippen molar-refractivity contribution in [3.8, 4) is 0 Å². The predicted molar refractivity (Wildman–Crippen MR) is 60.8 cm³/mol. The van der Waals surface area contributed by atoms with E-state index in [1.807, 2.05) is 13.8 Å². The number of carbonyl (C=O) groups is 1. The van der Waals surface area contributed by atoms with Crippen molar-refractivity contribution in [2.24, 2.45) is 5.92 Å². The number of carboxylic acids is 1. The van der Waals surface area contributed by atoms with Crippen LogP contribution in [0.1, 0.15) is 59.3 Å². The molecule has 0 bridgehead atoms. The molecular formula is C12H24O3. The molecule has 0 saturated carbocycles. The molecule has 0 rings (SSSR count). The van der Waals surface area contributed by atoms with Crippen LogP contribution in [0, 0.1) is 5.92 Å². The Labute approximate surface area is 92.5 Å². The Morgan fingerprint density at radius 3 is 2.27 bits per heavy atom. The highest BCUT2D eigenvalue weighted by atomic mass is 16.4. The second-order valence-corrected chi connectivity index (χ2v) is 4.75. The minimum absolute atomic E-state index is 0.206. The summed E-state index contributed by atoms with van der Waals surface area (Å²) >= 11 is 0. The van der Waals surface area contributed by atoms with Crippen LogP contribution in [0.25, 0.3) is 0 Å². The van der Waals surface area contributed by atoms with Gasteiger partial charge in [0.25, 0.3) is 0 Å². The maximum Gasteiger partial charge on any atom is 0.335 e. The summed E-state index contributed by atoms with van der Waals surface area (Å²) in [6, 6.07) is 0. The van der Waals surface area contributed by atoms with Crippen molar-refractivity contribution in [1.82, 2.24) is 0 Å². The van der Waals surface area contributed by atoms with Crippen LogP contribution in [-0.4, -0.2) is 21.8 Å². The van der Waals surface area contributed by atoms with Gasteiger partial charge in [-0.1, -0.05) is 40.0 Å². The molecule has 0 aliphatic heterocycles. The Kier molecular flexibility index (Phi) is 6.57. The van der Waals surface area contributed by atoms with Crippen LogP contribution in [0.2, 0.25) is 0 Å². The van der Waals surface area contributed by atoms with Crippen LogP contribution in [-0.2, 0) is 4.79 Å². The summed E-state index contributed by atoms with van der Waals surface area (Å²) in [5, 5.41) is 18.9. The van der Waals surface area contributed by atoms with E-state index in [0.29, 0.717) is 12.8 Å². The molecule has 3 nitrogen and oxygen atoms in total. The summed E-state index contributed by atoms with van der Waals surface area (Å²) in [4.78, 5) is 11.0. The standard InChI is InChI=1S/C12H24O3/c1-4-5-6-7-8-12(15,11(13)14)9-10(2)3/h10,15H,4-9H2,1-3H3,(H,13,14). The van der Waals surface area contributed by atoms with Gasteiger partial charge in [0.15, 0.2) is 5.60 Å². The van der Waals surface area contributed by atoms with Gasteiger partial charge in [-0.05, 0) is 25.2 Å². The maximum absolute atomic E-state index is 11.0.